The minimum atomic E-state index is -0.726. The number of benzene rings is 2. The highest BCUT2D eigenvalue weighted by Crippen LogP contribution is 2.41. The molecule has 1 aliphatic heterocycles. The number of halogens is 1. The topological polar surface area (TPSA) is 68.2 Å². The van der Waals surface area contributed by atoms with E-state index in [-0.39, 0.29) is 12.0 Å². The van der Waals surface area contributed by atoms with E-state index in [0.29, 0.717) is 55.7 Å². The highest BCUT2D eigenvalue weighted by molar-refractivity contribution is 6.30. The van der Waals surface area contributed by atoms with Gasteiger partial charge in [0, 0.05) is 10.6 Å². The lowest BCUT2D eigenvalue weighted by molar-refractivity contribution is -0.143. The molecule has 1 aliphatic rings. The molecule has 1 saturated heterocycles. The molecule has 0 radical (unpaired) electrons. The van der Waals surface area contributed by atoms with Crippen molar-refractivity contribution in [1.82, 2.24) is 4.90 Å². The first-order valence-corrected chi connectivity index (χ1v) is 11.1. The van der Waals surface area contributed by atoms with Gasteiger partial charge in [-0.2, -0.15) is 0 Å². The maximum absolute atomic E-state index is 11.4. The molecule has 1 unspecified atom stereocenters. The lowest BCUT2D eigenvalue weighted by Crippen LogP contribution is -2.39. The molecule has 0 saturated carbocycles. The summed E-state index contributed by atoms with van der Waals surface area (Å²) < 4.78 is 17.2. The molecule has 1 N–H and O–H groups in total. The standard InChI is InChI=1S/C24H30ClNO5/c1-4-30-21-8-6-17(14-22(21)31-5-2)23(19-15-18(25)7-9-20(19)29-3)26-12-10-16(11-13-26)24(27)28/h6-9,14-16,23H,4-5,10-13H2,1-3H3,(H,27,28). The second-order valence-electron chi connectivity index (χ2n) is 7.51. The van der Waals surface area contributed by atoms with Crippen LogP contribution in [0.15, 0.2) is 36.4 Å². The average Bonchev–Trinajstić information content (AvgIpc) is 2.76. The number of rotatable bonds is 9. The van der Waals surface area contributed by atoms with Crippen LogP contribution in [-0.4, -0.2) is 49.4 Å². The van der Waals surface area contributed by atoms with Crippen LogP contribution in [0.3, 0.4) is 0 Å². The second-order valence-corrected chi connectivity index (χ2v) is 7.95. The molecule has 31 heavy (non-hydrogen) atoms. The monoisotopic (exact) mass is 447 g/mol. The Bertz CT molecular complexity index is 896. The maximum Gasteiger partial charge on any atom is 0.306 e. The van der Waals surface area contributed by atoms with Crippen molar-refractivity contribution in [2.24, 2.45) is 5.92 Å². The molecular weight excluding hydrogens is 418 g/mol. The van der Waals surface area contributed by atoms with E-state index in [1.165, 1.54) is 0 Å². The number of carboxylic acids is 1. The van der Waals surface area contributed by atoms with Crippen LogP contribution < -0.4 is 14.2 Å². The first-order chi connectivity index (χ1) is 15.0. The molecule has 6 nitrogen and oxygen atoms in total. The predicted octanol–water partition coefficient (Wildman–Crippen LogP) is 5.03. The van der Waals surface area contributed by atoms with Crippen molar-refractivity contribution in [2.45, 2.75) is 32.7 Å². The maximum atomic E-state index is 11.4. The lowest BCUT2D eigenvalue weighted by Gasteiger charge is -2.37. The van der Waals surface area contributed by atoms with Gasteiger partial charge in [0.2, 0.25) is 0 Å². The molecule has 0 aliphatic carbocycles. The summed E-state index contributed by atoms with van der Waals surface area (Å²) in [6.07, 6.45) is 1.20. The molecule has 2 aromatic carbocycles. The molecule has 2 aromatic rings. The van der Waals surface area contributed by atoms with Crippen LogP contribution >= 0.6 is 11.6 Å². The predicted molar refractivity (Wildman–Crippen MR) is 121 cm³/mol. The zero-order valence-corrected chi connectivity index (χ0v) is 19.0. The summed E-state index contributed by atoms with van der Waals surface area (Å²) in [4.78, 5) is 13.7. The molecule has 1 fully saturated rings. The van der Waals surface area contributed by atoms with Gasteiger partial charge in [0.25, 0.3) is 0 Å². The molecule has 0 aromatic heterocycles. The summed E-state index contributed by atoms with van der Waals surface area (Å²) in [5.41, 5.74) is 1.96. The average molecular weight is 448 g/mol. The van der Waals surface area contributed by atoms with Gasteiger partial charge in [-0.1, -0.05) is 17.7 Å². The quantitative estimate of drug-likeness (QED) is 0.581. The summed E-state index contributed by atoms with van der Waals surface area (Å²) in [7, 11) is 1.64. The van der Waals surface area contributed by atoms with E-state index in [9.17, 15) is 9.90 Å². The fourth-order valence-corrected chi connectivity index (χ4v) is 4.33. The number of aliphatic carboxylic acids is 1. The van der Waals surface area contributed by atoms with E-state index < -0.39 is 5.97 Å². The van der Waals surface area contributed by atoms with Gasteiger partial charge < -0.3 is 19.3 Å². The highest BCUT2D eigenvalue weighted by Gasteiger charge is 2.32. The summed E-state index contributed by atoms with van der Waals surface area (Å²) in [6.45, 7) is 6.28. The lowest BCUT2D eigenvalue weighted by atomic mass is 9.90. The Morgan fingerprint density at radius 2 is 1.71 bits per heavy atom. The normalized spacial score (nSPS) is 16.0. The first-order valence-electron chi connectivity index (χ1n) is 10.7. The Labute approximate surface area is 188 Å². The number of hydrogen-bond donors (Lipinski definition) is 1. The van der Waals surface area contributed by atoms with Crippen LogP contribution in [0, 0.1) is 5.92 Å². The van der Waals surface area contributed by atoms with E-state index in [4.69, 9.17) is 25.8 Å². The third-order valence-electron chi connectivity index (χ3n) is 5.61. The smallest absolute Gasteiger partial charge is 0.306 e. The Morgan fingerprint density at radius 1 is 1.06 bits per heavy atom. The number of likely N-dealkylation sites (tertiary alicyclic amines) is 1. The Kier molecular flexibility index (Phi) is 8.04. The van der Waals surface area contributed by atoms with Crippen molar-refractivity contribution >= 4 is 17.6 Å². The van der Waals surface area contributed by atoms with Crippen LogP contribution in [0.2, 0.25) is 5.02 Å². The summed E-state index contributed by atoms with van der Waals surface area (Å²) in [5.74, 6) is 1.10. The first kappa shape index (κ1) is 23.2. The molecule has 0 spiro atoms. The van der Waals surface area contributed by atoms with Crippen molar-refractivity contribution < 1.29 is 24.1 Å². The Hall–Kier alpha value is -2.44. The molecule has 0 amide bonds. The van der Waals surface area contributed by atoms with Gasteiger partial charge in [-0.05, 0) is 75.7 Å². The number of hydrogen-bond acceptors (Lipinski definition) is 5. The minimum Gasteiger partial charge on any atom is -0.496 e. The van der Waals surface area contributed by atoms with E-state index >= 15 is 0 Å². The van der Waals surface area contributed by atoms with Gasteiger partial charge in [0.15, 0.2) is 11.5 Å². The van der Waals surface area contributed by atoms with Gasteiger partial charge in [-0.25, -0.2) is 0 Å². The minimum absolute atomic E-state index is 0.154. The van der Waals surface area contributed by atoms with Gasteiger partial charge in [-0.15, -0.1) is 0 Å². The Morgan fingerprint density at radius 3 is 2.32 bits per heavy atom. The molecule has 7 heteroatoms. The number of methoxy groups -OCH3 is 1. The largest absolute Gasteiger partial charge is 0.496 e. The van der Waals surface area contributed by atoms with Gasteiger partial charge in [0.1, 0.15) is 5.75 Å². The number of piperidine rings is 1. The SMILES string of the molecule is CCOc1ccc(C(c2cc(Cl)ccc2OC)N2CCC(C(=O)O)CC2)cc1OCC. The summed E-state index contributed by atoms with van der Waals surface area (Å²) in [6, 6.07) is 11.4. The highest BCUT2D eigenvalue weighted by atomic mass is 35.5. The fraction of sp³-hybridized carbons (Fsp3) is 0.458. The van der Waals surface area contributed by atoms with E-state index in [0.717, 1.165) is 16.9 Å². The fourth-order valence-electron chi connectivity index (χ4n) is 4.15. The van der Waals surface area contributed by atoms with Crippen LogP contribution in [0.25, 0.3) is 0 Å². The number of nitrogens with zero attached hydrogens (tertiary/aromatic N) is 1. The van der Waals surface area contributed by atoms with E-state index in [1.54, 1.807) is 13.2 Å². The molecule has 168 valence electrons. The van der Waals surface area contributed by atoms with Crippen molar-refractivity contribution in [2.75, 3.05) is 33.4 Å². The van der Waals surface area contributed by atoms with E-state index in [2.05, 4.69) is 4.90 Å². The van der Waals surface area contributed by atoms with Crippen LogP contribution in [0.1, 0.15) is 43.9 Å². The molecule has 1 heterocycles. The van der Waals surface area contributed by atoms with Crippen molar-refractivity contribution in [3.8, 4) is 17.2 Å². The number of carbonyl (C=O) groups is 1. The second kappa shape index (κ2) is 10.7. The van der Waals surface area contributed by atoms with Crippen molar-refractivity contribution in [1.29, 1.82) is 0 Å². The summed E-state index contributed by atoms with van der Waals surface area (Å²) >= 11 is 6.36. The number of ether oxygens (including phenoxy) is 3. The van der Waals surface area contributed by atoms with Crippen LogP contribution in [0.4, 0.5) is 0 Å². The van der Waals surface area contributed by atoms with Gasteiger partial charge in [0.05, 0.1) is 32.3 Å². The zero-order valence-electron chi connectivity index (χ0n) is 18.3. The van der Waals surface area contributed by atoms with Crippen LogP contribution in [-0.2, 0) is 4.79 Å². The third-order valence-corrected chi connectivity index (χ3v) is 5.85. The van der Waals surface area contributed by atoms with E-state index in [1.807, 2.05) is 44.2 Å². The molecule has 1 atom stereocenters. The zero-order chi connectivity index (χ0) is 22.4. The van der Waals surface area contributed by atoms with Gasteiger partial charge >= 0.3 is 5.97 Å². The third kappa shape index (κ3) is 5.43. The molecular formula is C24H30ClNO5. The summed E-state index contributed by atoms with van der Waals surface area (Å²) in [5, 5.41) is 10.0. The van der Waals surface area contributed by atoms with Crippen LogP contribution in [0.5, 0.6) is 17.2 Å². The van der Waals surface area contributed by atoms with Crippen molar-refractivity contribution in [3.63, 3.8) is 0 Å². The molecule has 0 bridgehead atoms. The van der Waals surface area contributed by atoms with Gasteiger partial charge in [-0.3, -0.25) is 9.69 Å². The number of carboxylic acid groups (broad SMARTS) is 1. The molecule has 3 rings (SSSR count). The van der Waals surface area contributed by atoms with Crippen molar-refractivity contribution in [3.05, 3.63) is 52.5 Å². The Balaban J connectivity index is 2.06.